The molecule has 1 N–H and O–H groups in total. The van der Waals surface area contributed by atoms with Gasteiger partial charge in [-0.05, 0) is 48.9 Å². The number of fused-ring (bicyclic) bond motifs is 2. The molecule has 98 valence electrons. The van der Waals surface area contributed by atoms with Crippen molar-refractivity contribution in [2.24, 2.45) is 22.9 Å². The molecule has 2 aliphatic carbocycles. The van der Waals surface area contributed by atoms with Gasteiger partial charge in [-0.15, -0.1) is 0 Å². The van der Waals surface area contributed by atoms with Crippen molar-refractivity contribution in [1.82, 2.24) is 5.43 Å². The van der Waals surface area contributed by atoms with Crippen LogP contribution in [0.3, 0.4) is 0 Å². The molecular formula is C15H15BrN2O. The van der Waals surface area contributed by atoms with Crippen LogP contribution in [0.25, 0.3) is 0 Å². The number of rotatable bonds is 3. The summed E-state index contributed by atoms with van der Waals surface area (Å²) in [6.45, 7) is 0. The SMILES string of the molecule is O=C(NN=CC1CC2C=CC1C2)c1ccc(Br)cc1. The fourth-order valence-corrected chi connectivity index (χ4v) is 3.12. The van der Waals surface area contributed by atoms with Crippen LogP contribution >= 0.6 is 15.9 Å². The van der Waals surface area contributed by atoms with Crippen molar-refractivity contribution in [3.63, 3.8) is 0 Å². The molecule has 0 heterocycles. The smallest absolute Gasteiger partial charge is 0.267 e. The lowest BCUT2D eigenvalue weighted by Crippen LogP contribution is -2.19. The Morgan fingerprint density at radius 3 is 2.68 bits per heavy atom. The van der Waals surface area contributed by atoms with E-state index in [4.69, 9.17) is 0 Å². The van der Waals surface area contributed by atoms with Crippen molar-refractivity contribution in [1.29, 1.82) is 0 Å². The number of halogens is 1. The third-order valence-corrected chi connectivity index (χ3v) is 4.40. The minimum Gasteiger partial charge on any atom is -0.267 e. The first-order valence-corrected chi connectivity index (χ1v) is 7.29. The van der Waals surface area contributed by atoms with Crippen molar-refractivity contribution in [2.75, 3.05) is 0 Å². The third-order valence-electron chi connectivity index (χ3n) is 3.87. The molecule has 1 aromatic carbocycles. The van der Waals surface area contributed by atoms with E-state index in [1.165, 1.54) is 12.8 Å². The highest BCUT2D eigenvalue weighted by Crippen LogP contribution is 2.42. The monoisotopic (exact) mass is 318 g/mol. The van der Waals surface area contributed by atoms with Crippen molar-refractivity contribution < 1.29 is 4.79 Å². The summed E-state index contributed by atoms with van der Waals surface area (Å²) in [6, 6.07) is 7.24. The lowest BCUT2D eigenvalue weighted by atomic mass is 9.95. The summed E-state index contributed by atoms with van der Waals surface area (Å²) in [6.07, 6.45) is 8.89. The molecule has 3 rings (SSSR count). The highest BCUT2D eigenvalue weighted by Gasteiger charge is 2.34. The van der Waals surface area contributed by atoms with Crippen LogP contribution in [-0.4, -0.2) is 12.1 Å². The highest BCUT2D eigenvalue weighted by molar-refractivity contribution is 9.10. The van der Waals surface area contributed by atoms with E-state index >= 15 is 0 Å². The number of hydrazone groups is 1. The van der Waals surface area contributed by atoms with Crippen LogP contribution in [0.5, 0.6) is 0 Å². The molecule has 2 aliphatic rings. The maximum Gasteiger partial charge on any atom is 0.271 e. The van der Waals surface area contributed by atoms with Crippen LogP contribution in [0.1, 0.15) is 23.2 Å². The zero-order chi connectivity index (χ0) is 13.2. The number of carbonyl (C=O) groups excluding carboxylic acids is 1. The van der Waals surface area contributed by atoms with Crippen LogP contribution in [0.4, 0.5) is 0 Å². The van der Waals surface area contributed by atoms with Crippen LogP contribution < -0.4 is 5.43 Å². The number of nitrogens with one attached hydrogen (secondary N) is 1. The first kappa shape index (κ1) is 12.6. The molecule has 1 saturated carbocycles. The lowest BCUT2D eigenvalue weighted by Gasteiger charge is -2.11. The van der Waals surface area contributed by atoms with Gasteiger partial charge >= 0.3 is 0 Å². The zero-order valence-corrected chi connectivity index (χ0v) is 12.0. The average Bonchev–Trinajstić information content (AvgIpc) is 3.02. The summed E-state index contributed by atoms with van der Waals surface area (Å²) in [7, 11) is 0. The minimum atomic E-state index is -0.164. The largest absolute Gasteiger partial charge is 0.271 e. The molecule has 4 heteroatoms. The minimum absolute atomic E-state index is 0.164. The molecule has 3 atom stereocenters. The van der Waals surface area contributed by atoms with Gasteiger partial charge in [0.05, 0.1) is 0 Å². The topological polar surface area (TPSA) is 41.5 Å². The van der Waals surface area contributed by atoms with Crippen LogP contribution in [0.15, 0.2) is 46.0 Å². The molecule has 1 aromatic rings. The van der Waals surface area contributed by atoms with E-state index in [2.05, 4.69) is 38.6 Å². The number of hydrogen-bond acceptors (Lipinski definition) is 2. The number of allylic oxidation sites excluding steroid dienone is 2. The fraction of sp³-hybridized carbons (Fsp3) is 0.333. The number of nitrogens with zero attached hydrogens (tertiary/aromatic N) is 1. The lowest BCUT2D eigenvalue weighted by molar-refractivity contribution is 0.0955. The molecule has 3 unspecified atom stereocenters. The van der Waals surface area contributed by atoms with Gasteiger partial charge in [-0.25, -0.2) is 5.43 Å². The third kappa shape index (κ3) is 2.78. The Morgan fingerprint density at radius 1 is 1.26 bits per heavy atom. The molecule has 0 aliphatic heterocycles. The number of amides is 1. The van der Waals surface area contributed by atoms with Crippen LogP contribution in [0, 0.1) is 17.8 Å². The summed E-state index contributed by atoms with van der Waals surface area (Å²) >= 11 is 3.34. The van der Waals surface area contributed by atoms with E-state index < -0.39 is 0 Å². The van der Waals surface area contributed by atoms with E-state index in [1.807, 2.05) is 18.3 Å². The second-order valence-electron chi connectivity index (χ2n) is 5.17. The molecule has 0 saturated heterocycles. The van der Waals surface area contributed by atoms with Crippen molar-refractivity contribution in [3.05, 3.63) is 46.5 Å². The van der Waals surface area contributed by atoms with Crippen molar-refractivity contribution in [2.45, 2.75) is 12.8 Å². The summed E-state index contributed by atoms with van der Waals surface area (Å²) < 4.78 is 0.960. The Bertz CT molecular complexity index is 536. The molecule has 0 aromatic heterocycles. The first-order valence-electron chi connectivity index (χ1n) is 6.50. The molecule has 19 heavy (non-hydrogen) atoms. The Labute approximate surface area is 120 Å². The molecule has 1 fully saturated rings. The maximum atomic E-state index is 11.8. The summed E-state index contributed by atoms with van der Waals surface area (Å²) in [5.41, 5.74) is 3.21. The first-order chi connectivity index (χ1) is 9.22. The van der Waals surface area contributed by atoms with Gasteiger partial charge in [0.25, 0.3) is 5.91 Å². The summed E-state index contributed by atoms with van der Waals surface area (Å²) in [5, 5.41) is 4.10. The van der Waals surface area contributed by atoms with Crippen molar-refractivity contribution >= 4 is 28.1 Å². The van der Waals surface area contributed by atoms with E-state index in [9.17, 15) is 4.79 Å². The highest BCUT2D eigenvalue weighted by atomic mass is 79.9. The average molecular weight is 319 g/mol. The Morgan fingerprint density at radius 2 is 2.05 bits per heavy atom. The van der Waals surface area contributed by atoms with Gasteiger partial charge in [0.2, 0.25) is 0 Å². The second kappa shape index (κ2) is 5.29. The summed E-state index contributed by atoms with van der Waals surface area (Å²) in [4.78, 5) is 11.8. The quantitative estimate of drug-likeness (QED) is 0.518. The Balaban J connectivity index is 1.56. The standard InChI is InChI=1S/C15H15BrN2O/c16-14-5-3-11(4-6-14)15(19)18-17-9-13-8-10-1-2-12(13)7-10/h1-6,9-10,12-13H,7-8H2,(H,18,19). The van der Waals surface area contributed by atoms with Gasteiger partial charge in [-0.1, -0.05) is 28.1 Å². The molecule has 0 radical (unpaired) electrons. The van der Waals surface area contributed by atoms with Crippen molar-refractivity contribution in [3.8, 4) is 0 Å². The summed E-state index contributed by atoms with van der Waals surface area (Å²) in [5.74, 6) is 1.67. The van der Waals surface area contributed by atoms with E-state index in [0.717, 1.165) is 10.4 Å². The van der Waals surface area contributed by atoms with E-state index in [1.54, 1.807) is 12.1 Å². The number of carbonyl (C=O) groups is 1. The second-order valence-corrected chi connectivity index (χ2v) is 6.09. The predicted molar refractivity (Wildman–Crippen MR) is 78.9 cm³/mol. The predicted octanol–water partition coefficient (Wildman–Crippen LogP) is 3.38. The van der Waals surface area contributed by atoms with Crippen LogP contribution in [-0.2, 0) is 0 Å². The van der Waals surface area contributed by atoms with Crippen LogP contribution in [0.2, 0.25) is 0 Å². The van der Waals surface area contributed by atoms with Gasteiger partial charge in [-0.3, -0.25) is 4.79 Å². The molecule has 0 spiro atoms. The maximum absolute atomic E-state index is 11.8. The normalized spacial score (nSPS) is 28.2. The van der Waals surface area contributed by atoms with Gasteiger partial charge < -0.3 is 0 Å². The Kier molecular flexibility index (Phi) is 3.51. The molecule has 2 bridgehead atoms. The van der Waals surface area contributed by atoms with E-state index in [0.29, 0.717) is 17.4 Å². The van der Waals surface area contributed by atoms with Gasteiger partial charge in [0.1, 0.15) is 0 Å². The molecule has 1 amide bonds. The van der Waals surface area contributed by atoms with E-state index in [-0.39, 0.29) is 5.91 Å². The van der Waals surface area contributed by atoms with Gasteiger partial charge in [0, 0.05) is 22.2 Å². The Hall–Kier alpha value is -1.42. The number of hydrogen-bond donors (Lipinski definition) is 1. The zero-order valence-electron chi connectivity index (χ0n) is 10.4. The fourth-order valence-electron chi connectivity index (χ4n) is 2.85. The number of benzene rings is 1. The van der Waals surface area contributed by atoms with Gasteiger partial charge in [-0.2, -0.15) is 5.10 Å². The molecule has 3 nitrogen and oxygen atoms in total. The van der Waals surface area contributed by atoms with Gasteiger partial charge in [0.15, 0.2) is 0 Å². The molecular weight excluding hydrogens is 304 g/mol.